The van der Waals surface area contributed by atoms with Gasteiger partial charge in [0.2, 0.25) is 11.5 Å². The molecule has 0 bridgehead atoms. The number of ketones is 1. The zero-order valence-corrected chi connectivity index (χ0v) is 15.6. The summed E-state index contributed by atoms with van der Waals surface area (Å²) in [6, 6.07) is 3.09. The van der Waals surface area contributed by atoms with E-state index < -0.39 is 42.6 Å². The van der Waals surface area contributed by atoms with E-state index in [1.165, 1.54) is 27.4 Å². The van der Waals surface area contributed by atoms with Crippen molar-refractivity contribution < 1.29 is 49.3 Å². The molecule has 5 N–H and O–H groups in total. The van der Waals surface area contributed by atoms with E-state index in [0.717, 1.165) is 6.08 Å². The number of ether oxygens (including phenoxy) is 4. The highest BCUT2D eigenvalue weighted by atomic mass is 16.7. The number of hydrogen-bond acceptors (Lipinski definition) is 10. The Hall–Kier alpha value is -2.21. The van der Waals surface area contributed by atoms with Gasteiger partial charge in [-0.2, -0.15) is 0 Å². The van der Waals surface area contributed by atoms with Gasteiger partial charge in [0.15, 0.2) is 11.5 Å². The van der Waals surface area contributed by atoms with Gasteiger partial charge in [-0.1, -0.05) is 6.08 Å². The van der Waals surface area contributed by atoms with E-state index in [-0.39, 0.29) is 0 Å². The number of benzene rings is 1. The first kappa shape index (κ1) is 22.1. The van der Waals surface area contributed by atoms with Crippen LogP contribution in [0.4, 0.5) is 0 Å². The Balaban J connectivity index is 2.32. The Morgan fingerprint density at radius 2 is 1.68 bits per heavy atom. The largest absolute Gasteiger partial charge is 0.493 e. The van der Waals surface area contributed by atoms with Crippen molar-refractivity contribution in [2.45, 2.75) is 30.2 Å². The van der Waals surface area contributed by atoms with E-state index in [9.17, 15) is 30.3 Å². The number of rotatable bonds is 7. The Morgan fingerprint density at radius 3 is 2.14 bits per heavy atom. The minimum Gasteiger partial charge on any atom is -0.493 e. The third-order valence-electron chi connectivity index (χ3n) is 4.43. The van der Waals surface area contributed by atoms with E-state index in [4.69, 9.17) is 18.9 Å². The van der Waals surface area contributed by atoms with Crippen LogP contribution in [-0.2, 0) is 9.53 Å². The molecule has 5 atom stereocenters. The standard InChI is InChI=1S/C18H24O10/c1-25-10-6-9(7-11(26-2)16(10)27-3)4-5-13(20)18(24)17(23)15(22)14(21)12(8-19)28-18/h4-7,12,14-15,17,19,21-24H,8H2,1-3H3/t12-,14-,15+,17-,18?/m1/s1. The average Bonchev–Trinajstić information content (AvgIpc) is 2.71. The summed E-state index contributed by atoms with van der Waals surface area (Å²) < 4.78 is 20.6. The van der Waals surface area contributed by atoms with Crippen molar-refractivity contribution in [2.24, 2.45) is 0 Å². The second kappa shape index (κ2) is 8.86. The predicted molar refractivity (Wildman–Crippen MR) is 95.1 cm³/mol. The molecule has 1 aromatic carbocycles. The van der Waals surface area contributed by atoms with E-state index in [2.05, 4.69) is 0 Å². The Labute approximate surface area is 161 Å². The Bertz CT molecular complexity index is 706. The molecule has 0 amide bonds. The zero-order chi connectivity index (χ0) is 21.1. The van der Waals surface area contributed by atoms with Crippen LogP contribution in [0.15, 0.2) is 18.2 Å². The van der Waals surface area contributed by atoms with Crippen molar-refractivity contribution in [2.75, 3.05) is 27.9 Å². The number of carbonyl (C=O) groups is 1. The molecule has 10 nitrogen and oxygen atoms in total. The molecule has 0 aliphatic carbocycles. The molecule has 1 saturated heterocycles. The summed E-state index contributed by atoms with van der Waals surface area (Å²) in [6.45, 7) is -0.781. The first-order valence-electron chi connectivity index (χ1n) is 8.31. The van der Waals surface area contributed by atoms with Gasteiger partial charge in [0.25, 0.3) is 5.79 Å². The molecule has 156 valence electrons. The maximum atomic E-state index is 12.5. The van der Waals surface area contributed by atoms with E-state index in [0.29, 0.717) is 22.8 Å². The van der Waals surface area contributed by atoms with Gasteiger partial charge in [-0.05, 0) is 23.8 Å². The van der Waals surface area contributed by atoms with Gasteiger partial charge in [-0.25, -0.2) is 0 Å². The van der Waals surface area contributed by atoms with Crippen LogP contribution in [0.1, 0.15) is 5.56 Å². The summed E-state index contributed by atoms with van der Waals surface area (Å²) in [5, 5.41) is 49.2. The summed E-state index contributed by atoms with van der Waals surface area (Å²) in [4.78, 5) is 12.5. The Kier molecular flexibility index (Phi) is 6.99. The van der Waals surface area contributed by atoms with Crippen molar-refractivity contribution in [3.05, 3.63) is 23.8 Å². The number of hydrogen-bond donors (Lipinski definition) is 5. The molecule has 0 radical (unpaired) electrons. The molecule has 10 heteroatoms. The van der Waals surface area contributed by atoms with Gasteiger partial charge in [-0.3, -0.25) is 4.79 Å². The predicted octanol–water partition coefficient (Wildman–Crippen LogP) is -1.54. The van der Waals surface area contributed by atoms with Crippen LogP contribution in [0.3, 0.4) is 0 Å². The van der Waals surface area contributed by atoms with Crippen LogP contribution >= 0.6 is 0 Å². The van der Waals surface area contributed by atoms with Crippen molar-refractivity contribution in [1.82, 2.24) is 0 Å². The van der Waals surface area contributed by atoms with E-state index in [1.807, 2.05) is 0 Å². The highest BCUT2D eigenvalue weighted by molar-refractivity contribution is 5.99. The number of methoxy groups -OCH3 is 3. The van der Waals surface area contributed by atoms with Crippen LogP contribution in [0.2, 0.25) is 0 Å². The third-order valence-corrected chi connectivity index (χ3v) is 4.43. The smallest absolute Gasteiger partial charge is 0.260 e. The van der Waals surface area contributed by atoms with Gasteiger partial charge in [-0.15, -0.1) is 0 Å². The summed E-state index contributed by atoms with van der Waals surface area (Å²) in [5.41, 5.74) is 0.441. The molecule has 1 aromatic rings. The van der Waals surface area contributed by atoms with Crippen LogP contribution in [0.5, 0.6) is 17.2 Å². The van der Waals surface area contributed by atoms with Gasteiger partial charge >= 0.3 is 0 Å². The quantitative estimate of drug-likeness (QED) is 0.340. The molecule has 1 aliphatic rings. The fraction of sp³-hybridized carbons (Fsp3) is 0.500. The fourth-order valence-corrected chi connectivity index (χ4v) is 2.85. The molecule has 1 aliphatic heterocycles. The maximum absolute atomic E-state index is 12.5. The van der Waals surface area contributed by atoms with Crippen LogP contribution in [0.25, 0.3) is 6.08 Å². The average molecular weight is 400 g/mol. The molecule has 1 heterocycles. The minimum absolute atomic E-state index is 0.334. The molecule has 0 saturated carbocycles. The van der Waals surface area contributed by atoms with Crippen molar-refractivity contribution in [3.8, 4) is 17.2 Å². The molecule has 2 rings (SSSR count). The van der Waals surface area contributed by atoms with Crippen molar-refractivity contribution in [3.63, 3.8) is 0 Å². The van der Waals surface area contributed by atoms with Crippen LogP contribution in [-0.4, -0.2) is 89.5 Å². The van der Waals surface area contributed by atoms with Crippen molar-refractivity contribution in [1.29, 1.82) is 0 Å². The lowest BCUT2D eigenvalue weighted by Crippen LogP contribution is -2.67. The maximum Gasteiger partial charge on any atom is 0.260 e. The number of aliphatic hydroxyl groups excluding tert-OH is 4. The number of carbonyl (C=O) groups excluding carboxylic acids is 1. The highest BCUT2D eigenvalue weighted by Crippen LogP contribution is 2.38. The fourth-order valence-electron chi connectivity index (χ4n) is 2.85. The van der Waals surface area contributed by atoms with Gasteiger partial charge in [0.1, 0.15) is 24.4 Å². The summed E-state index contributed by atoms with van der Waals surface area (Å²) in [7, 11) is 4.28. The number of aliphatic hydroxyl groups is 5. The lowest BCUT2D eigenvalue weighted by atomic mass is 9.90. The molecule has 0 spiro atoms. The molecular weight excluding hydrogens is 376 g/mol. The second-order valence-electron chi connectivity index (χ2n) is 6.12. The summed E-state index contributed by atoms with van der Waals surface area (Å²) in [6.07, 6.45) is -4.93. The molecule has 28 heavy (non-hydrogen) atoms. The Morgan fingerprint density at radius 1 is 1.11 bits per heavy atom. The summed E-state index contributed by atoms with van der Waals surface area (Å²) >= 11 is 0. The van der Waals surface area contributed by atoms with Crippen LogP contribution < -0.4 is 14.2 Å². The second-order valence-corrected chi connectivity index (χ2v) is 6.12. The zero-order valence-electron chi connectivity index (χ0n) is 15.6. The summed E-state index contributed by atoms with van der Waals surface area (Å²) in [5.74, 6) is -2.93. The third kappa shape index (κ3) is 3.97. The van der Waals surface area contributed by atoms with Gasteiger partial charge in [0, 0.05) is 0 Å². The molecule has 1 unspecified atom stereocenters. The SMILES string of the molecule is COc1cc(C=CC(=O)C2(O)O[C@H](CO)[C@@H](O)[C@H](O)[C@H]2O)cc(OC)c1OC. The van der Waals surface area contributed by atoms with Crippen molar-refractivity contribution >= 4 is 11.9 Å². The van der Waals surface area contributed by atoms with E-state index in [1.54, 1.807) is 12.1 Å². The first-order valence-corrected chi connectivity index (χ1v) is 8.31. The van der Waals surface area contributed by atoms with Crippen LogP contribution in [0, 0.1) is 0 Å². The topological polar surface area (TPSA) is 155 Å². The monoisotopic (exact) mass is 400 g/mol. The van der Waals surface area contributed by atoms with Gasteiger partial charge in [0.05, 0.1) is 27.9 Å². The van der Waals surface area contributed by atoms with Gasteiger partial charge < -0.3 is 44.5 Å². The minimum atomic E-state index is -2.84. The molecule has 0 aromatic heterocycles. The van der Waals surface area contributed by atoms with E-state index >= 15 is 0 Å². The lowest BCUT2D eigenvalue weighted by Gasteiger charge is -2.43. The first-order chi connectivity index (χ1) is 13.2. The molecule has 1 fully saturated rings. The molecular formula is C18H24O10. The normalized spacial score (nSPS) is 30.3. The highest BCUT2D eigenvalue weighted by Gasteiger charge is 2.56. The lowest BCUT2D eigenvalue weighted by molar-refractivity contribution is -0.329.